The third-order valence-corrected chi connectivity index (χ3v) is 4.37. The Kier molecular flexibility index (Phi) is 5.72. The molecule has 0 unspecified atom stereocenters. The van der Waals surface area contributed by atoms with Gasteiger partial charge in [0.05, 0.1) is 6.61 Å². The van der Waals surface area contributed by atoms with Crippen molar-refractivity contribution in [1.82, 2.24) is 15.1 Å². The van der Waals surface area contributed by atoms with Gasteiger partial charge in [0, 0.05) is 19.1 Å². The van der Waals surface area contributed by atoms with Gasteiger partial charge in [-0.1, -0.05) is 31.1 Å². The summed E-state index contributed by atoms with van der Waals surface area (Å²) in [5, 5.41) is 21.4. The van der Waals surface area contributed by atoms with Crippen molar-refractivity contribution in [1.29, 1.82) is 0 Å². The van der Waals surface area contributed by atoms with E-state index in [0.717, 1.165) is 38.6 Å². The molecular weight excluding hydrogens is 276 g/mol. The van der Waals surface area contributed by atoms with Crippen molar-refractivity contribution in [3.05, 3.63) is 5.01 Å². The largest absolute Gasteiger partial charge is 0.395 e. The number of anilines is 1. The zero-order valence-electron chi connectivity index (χ0n) is 11.8. The summed E-state index contributed by atoms with van der Waals surface area (Å²) in [7, 11) is 0. The van der Waals surface area contributed by atoms with Crippen molar-refractivity contribution in [3.63, 3.8) is 0 Å². The van der Waals surface area contributed by atoms with Crippen molar-refractivity contribution in [3.8, 4) is 0 Å². The van der Waals surface area contributed by atoms with E-state index in [1.54, 1.807) is 4.90 Å². The predicted molar refractivity (Wildman–Crippen MR) is 79.1 cm³/mol. The average Bonchev–Trinajstić information content (AvgIpc) is 3.12. The molecule has 1 aliphatic rings. The van der Waals surface area contributed by atoms with Crippen molar-refractivity contribution in [2.24, 2.45) is 0 Å². The van der Waals surface area contributed by atoms with E-state index >= 15 is 0 Å². The van der Waals surface area contributed by atoms with Gasteiger partial charge in [-0.25, -0.2) is 0 Å². The Bertz CT molecular complexity index is 432. The summed E-state index contributed by atoms with van der Waals surface area (Å²) in [4.78, 5) is 14.3. The summed E-state index contributed by atoms with van der Waals surface area (Å²) in [5.74, 6) is -0.104. The zero-order chi connectivity index (χ0) is 14.4. The summed E-state index contributed by atoms with van der Waals surface area (Å²) >= 11 is 1.29. The lowest BCUT2D eigenvalue weighted by molar-refractivity contribution is 0.0637. The Labute approximate surface area is 123 Å². The molecule has 0 bridgehead atoms. The summed E-state index contributed by atoms with van der Waals surface area (Å²) < 4.78 is 0. The third-order valence-electron chi connectivity index (χ3n) is 3.50. The molecule has 1 aromatic heterocycles. The van der Waals surface area contributed by atoms with Gasteiger partial charge in [-0.3, -0.25) is 4.79 Å². The summed E-state index contributed by atoms with van der Waals surface area (Å²) in [6.45, 7) is 3.26. The quantitative estimate of drug-likeness (QED) is 0.801. The van der Waals surface area contributed by atoms with Gasteiger partial charge in [0.25, 0.3) is 5.91 Å². The fourth-order valence-corrected chi connectivity index (χ4v) is 3.23. The van der Waals surface area contributed by atoms with Gasteiger partial charge < -0.3 is 15.3 Å². The van der Waals surface area contributed by atoms with E-state index in [9.17, 15) is 9.90 Å². The number of hydrogen-bond acceptors (Lipinski definition) is 6. The molecule has 0 aliphatic heterocycles. The predicted octanol–water partition coefficient (Wildman–Crippen LogP) is 1.74. The van der Waals surface area contributed by atoms with Gasteiger partial charge in [0.1, 0.15) is 0 Å². The fourth-order valence-electron chi connectivity index (χ4n) is 2.51. The molecule has 0 atom stereocenters. The number of aliphatic hydroxyl groups is 1. The molecule has 1 fully saturated rings. The lowest BCUT2D eigenvalue weighted by Crippen LogP contribution is -2.40. The maximum atomic E-state index is 12.5. The number of nitrogens with one attached hydrogen (secondary N) is 1. The van der Waals surface area contributed by atoms with Crippen LogP contribution in [0.3, 0.4) is 0 Å². The van der Waals surface area contributed by atoms with Crippen LogP contribution in [-0.4, -0.2) is 51.8 Å². The second kappa shape index (κ2) is 7.54. The monoisotopic (exact) mass is 298 g/mol. The van der Waals surface area contributed by atoms with Crippen LogP contribution in [0.4, 0.5) is 5.13 Å². The van der Waals surface area contributed by atoms with E-state index in [0.29, 0.717) is 16.7 Å². The molecule has 0 spiro atoms. The summed E-state index contributed by atoms with van der Waals surface area (Å²) in [6, 6.07) is 0.241. The number of rotatable bonds is 7. The first-order chi connectivity index (χ1) is 9.76. The molecule has 112 valence electrons. The van der Waals surface area contributed by atoms with Crippen LogP contribution in [0.5, 0.6) is 0 Å². The van der Waals surface area contributed by atoms with Crippen LogP contribution < -0.4 is 5.32 Å². The molecule has 0 aromatic carbocycles. The van der Waals surface area contributed by atoms with Gasteiger partial charge >= 0.3 is 0 Å². The molecule has 1 aromatic rings. The molecule has 7 heteroatoms. The highest BCUT2D eigenvalue weighted by molar-refractivity contribution is 7.17. The van der Waals surface area contributed by atoms with Crippen LogP contribution in [0, 0.1) is 0 Å². The van der Waals surface area contributed by atoms with Gasteiger partial charge in [-0.15, -0.1) is 10.2 Å². The Morgan fingerprint density at radius 3 is 2.85 bits per heavy atom. The van der Waals surface area contributed by atoms with Gasteiger partial charge in [-0.2, -0.15) is 0 Å². The number of hydrogen-bond donors (Lipinski definition) is 2. The van der Waals surface area contributed by atoms with Crippen LogP contribution in [0.15, 0.2) is 0 Å². The number of aromatic nitrogens is 2. The Morgan fingerprint density at radius 1 is 1.45 bits per heavy atom. The molecule has 0 radical (unpaired) electrons. The lowest BCUT2D eigenvalue weighted by Gasteiger charge is -2.27. The normalized spacial score (nSPS) is 15.5. The van der Waals surface area contributed by atoms with Crippen LogP contribution >= 0.6 is 11.3 Å². The molecule has 6 nitrogen and oxygen atoms in total. The zero-order valence-corrected chi connectivity index (χ0v) is 12.7. The molecule has 20 heavy (non-hydrogen) atoms. The van der Waals surface area contributed by atoms with Gasteiger partial charge in [-0.05, 0) is 19.3 Å². The van der Waals surface area contributed by atoms with Crippen molar-refractivity contribution < 1.29 is 9.90 Å². The molecule has 2 rings (SSSR count). The van der Waals surface area contributed by atoms with Crippen LogP contribution in [-0.2, 0) is 0 Å². The summed E-state index contributed by atoms with van der Waals surface area (Å²) in [6.07, 6.45) is 5.34. The fraction of sp³-hybridized carbons (Fsp3) is 0.769. The first-order valence-electron chi connectivity index (χ1n) is 7.25. The van der Waals surface area contributed by atoms with Gasteiger partial charge in [0.2, 0.25) is 10.1 Å². The topological polar surface area (TPSA) is 78.4 Å². The molecule has 1 saturated carbocycles. The Morgan fingerprint density at radius 2 is 2.20 bits per heavy atom. The standard InChI is InChI=1S/C13H22N4O2S/c1-2-7-14-13-16-15-11(20-13)12(19)17(8-9-18)10-5-3-4-6-10/h10,18H,2-9H2,1H3,(H,14,16). The van der Waals surface area contributed by atoms with Crippen LogP contribution in [0.1, 0.15) is 48.8 Å². The van der Waals surface area contributed by atoms with E-state index in [-0.39, 0.29) is 18.6 Å². The second-order valence-corrected chi connectivity index (χ2v) is 5.98. The minimum Gasteiger partial charge on any atom is -0.395 e. The van der Waals surface area contributed by atoms with Crippen molar-refractivity contribution >= 4 is 22.4 Å². The number of amides is 1. The SMILES string of the molecule is CCCNc1nnc(C(=O)N(CCO)C2CCCC2)s1. The first-order valence-corrected chi connectivity index (χ1v) is 8.07. The highest BCUT2D eigenvalue weighted by Crippen LogP contribution is 2.26. The number of nitrogens with zero attached hydrogens (tertiary/aromatic N) is 3. The molecule has 0 saturated heterocycles. The van der Waals surface area contributed by atoms with E-state index in [2.05, 4.69) is 22.4 Å². The minimum atomic E-state index is -0.104. The maximum absolute atomic E-state index is 12.5. The summed E-state index contributed by atoms with van der Waals surface area (Å²) in [5.41, 5.74) is 0. The third kappa shape index (κ3) is 3.67. The van der Waals surface area contributed by atoms with E-state index in [1.165, 1.54) is 11.3 Å². The number of aliphatic hydroxyl groups excluding tert-OH is 1. The smallest absolute Gasteiger partial charge is 0.285 e. The highest BCUT2D eigenvalue weighted by atomic mass is 32.1. The Balaban J connectivity index is 2.04. The Hall–Kier alpha value is -1.21. The molecule has 1 aliphatic carbocycles. The molecule has 2 N–H and O–H groups in total. The minimum absolute atomic E-state index is 0.0119. The maximum Gasteiger partial charge on any atom is 0.285 e. The highest BCUT2D eigenvalue weighted by Gasteiger charge is 2.29. The average molecular weight is 298 g/mol. The molecule has 1 amide bonds. The second-order valence-electron chi connectivity index (χ2n) is 5.00. The van der Waals surface area contributed by atoms with Crippen LogP contribution in [0.25, 0.3) is 0 Å². The van der Waals surface area contributed by atoms with Crippen LogP contribution in [0.2, 0.25) is 0 Å². The van der Waals surface area contributed by atoms with Crippen molar-refractivity contribution in [2.45, 2.75) is 45.1 Å². The molecular formula is C13H22N4O2S. The van der Waals surface area contributed by atoms with Crippen molar-refractivity contribution in [2.75, 3.05) is 25.0 Å². The molecule has 1 heterocycles. The van der Waals surface area contributed by atoms with E-state index in [4.69, 9.17) is 0 Å². The van der Waals surface area contributed by atoms with Gasteiger partial charge in [0.15, 0.2) is 0 Å². The van der Waals surface area contributed by atoms with E-state index in [1.807, 2.05) is 0 Å². The number of carbonyl (C=O) groups is 1. The first kappa shape index (κ1) is 15.2. The number of carbonyl (C=O) groups excluding carboxylic acids is 1. The lowest BCUT2D eigenvalue weighted by atomic mass is 10.2. The van der Waals surface area contributed by atoms with E-state index < -0.39 is 0 Å².